The van der Waals surface area contributed by atoms with Crippen molar-refractivity contribution in [3.63, 3.8) is 0 Å². The van der Waals surface area contributed by atoms with Crippen molar-refractivity contribution in [2.45, 2.75) is 25.8 Å². The fourth-order valence-corrected chi connectivity index (χ4v) is 1.85. The summed E-state index contributed by atoms with van der Waals surface area (Å²) < 4.78 is 12.3. The van der Waals surface area contributed by atoms with Gasteiger partial charge < -0.3 is 14.6 Å². The van der Waals surface area contributed by atoms with Gasteiger partial charge in [0.2, 0.25) is 0 Å². The Balaban J connectivity index is 1.84. The molecule has 1 aliphatic heterocycles. The summed E-state index contributed by atoms with van der Waals surface area (Å²) in [5, 5.41) is 12.9. The molecule has 1 aliphatic rings. The molecule has 0 bridgehead atoms. The monoisotopic (exact) mass is 254 g/mol. The Labute approximate surface area is 106 Å². The molecule has 1 unspecified atom stereocenters. The second kappa shape index (κ2) is 5.86. The van der Waals surface area contributed by atoms with Gasteiger partial charge in [-0.05, 0) is 25.7 Å². The number of aromatic nitrogens is 2. The minimum atomic E-state index is -0.908. The Hall–Kier alpha value is -1.56. The zero-order chi connectivity index (χ0) is 13.0. The van der Waals surface area contributed by atoms with Crippen LogP contribution in [0.25, 0.3) is 0 Å². The van der Waals surface area contributed by atoms with Crippen molar-refractivity contribution in [2.75, 3.05) is 19.8 Å². The van der Waals surface area contributed by atoms with Gasteiger partial charge in [0.05, 0.1) is 19.0 Å². The lowest BCUT2D eigenvalue weighted by Gasteiger charge is -2.21. The first-order valence-corrected chi connectivity index (χ1v) is 6.14. The lowest BCUT2D eigenvalue weighted by molar-refractivity contribution is -0.140. The van der Waals surface area contributed by atoms with Crippen LogP contribution in [0, 0.1) is 5.92 Å². The summed E-state index contributed by atoms with van der Waals surface area (Å²) in [6.45, 7) is 3.81. The quantitative estimate of drug-likeness (QED) is 0.858. The third-order valence-electron chi connectivity index (χ3n) is 3.16. The van der Waals surface area contributed by atoms with Crippen molar-refractivity contribution in [3.05, 3.63) is 12.4 Å². The van der Waals surface area contributed by atoms with Crippen LogP contribution in [0.1, 0.15) is 25.8 Å². The highest BCUT2D eigenvalue weighted by molar-refractivity contribution is 5.71. The van der Waals surface area contributed by atoms with E-state index in [9.17, 15) is 4.79 Å². The molecular formula is C12H18N2O4. The zero-order valence-electron chi connectivity index (χ0n) is 10.4. The van der Waals surface area contributed by atoms with Crippen LogP contribution in [-0.2, 0) is 9.53 Å². The molecule has 0 radical (unpaired) electrons. The summed E-state index contributed by atoms with van der Waals surface area (Å²) in [5.74, 6) is 0.225. The van der Waals surface area contributed by atoms with E-state index >= 15 is 0 Å². The predicted octanol–water partition coefficient (Wildman–Crippen LogP) is 1.33. The number of aliphatic carboxylic acids is 1. The second-order valence-corrected chi connectivity index (χ2v) is 4.54. The van der Waals surface area contributed by atoms with Crippen LogP contribution in [0.2, 0.25) is 0 Å². The van der Waals surface area contributed by atoms with Crippen LogP contribution in [-0.4, -0.2) is 40.7 Å². The number of carboxylic acids is 1. The standard InChI is InChI=1S/C12H18N2O4/c1-9(12(15)16)14-7-11(6-13-14)18-8-10-2-4-17-5-3-10/h6-7,9-10H,2-5,8H2,1H3,(H,15,16). The molecule has 2 heterocycles. The molecule has 100 valence electrons. The summed E-state index contributed by atoms with van der Waals surface area (Å²) in [4.78, 5) is 10.8. The molecule has 6 nitrogen and oxygen atoms in total. The number of carbonyl (C=O) groups is 1. The Bertz CT molecular complexity index is 399. The average Bonchev–Trinajstić information content (AvgIpc) is 2.85. The van der Waals surface area contributed by atoms with E-state index in [2.05, 4.69) is 5.10 Å². The third-order valence-corrected chi connectivity index (χ3v) is 3.16. The molecule has 0 aromatic carbocycles. The van der Waals surface area contributed by atoms with Gasteiger partial charge >= 0.3 is 5.97 Å². The first-order valence-electron chi connectivity index (χ1n) is 6.14. The summed E-state index contributed by atoms with van der Waals surface area (Å²) in [6, 6.07) is -0.676. The van der Waals surface area contributed by atoms with Crippen molar-refractivity contribution in [2.24, 2.45) is 5.92 Å². The Morgan fingerprint density at radius 1 is 1.67 bits per heavy atom. The smallest absolute Gasteiger partial charge is 0.328 e. The molecule has 1 N–H and O–H groups in total. The van der Waals surface area contributed by atoms with Gasteiger partial charge in [-0.15, -0.1) is 0 Å². The van der Waals surface area contributed by atoms with Gasteiger partial charge in [0.25, 0.3) is 0 Å². The highest BCUT2D eigenvalue weighted by atomic mass is 16.5. The van der Waals surface area contributed by atoms with E-state index in [-0.39, 0.29) is 0 Å². The summed E-state index contributed by atoms with van der Waals surface area (Å²) in [6.07, 6.45) is 5.20. The molecule has 1 aromatic rings. The SMILES string of the molecule is CC(C(=O)O)n1cc(OCC2CCOCC2)cn1. The molecule has 2 rings (SSSR count). The number of hydrogen-bond donors (Lipinski definition) is 1. The molecule has 0 aliphatic carbocycles. The van der Waals surface area contributed by atoms with E-state index in [4.69, 9.17) is 14.6 Å². The van der Waals surface area contributed by atoms with Gasteiger partial charge in [-0.2, -0.15) is 5.10 Å². The number of ether oxygens (including phenoxy) is 2. The van der Waals surface area contributed by atoms with Crippen LogP contribution < -0.4 is 4.74 Å². The summed E-state index contributed by atoms with van der Waals surface area (Å²) in [5.41, 5.74) is 0. The maximum Gasteiger partial charge on any atom is 0.328 e. The van der Waals surface area contributed by atoms with Crippen LogP contribution in [0.15, 0.2) is 12.4 Å². The lowest BCUT2D eigenvalue weighted by atomic mass is 10.0. The molecule has 0 amide bonds. The van der Waals surface area contributed by atoms with Gasteiger partial charge in [-0.1, -0.05) is 0 Å². The van der Waals surface area contributed by atoms with E-state index in [1.54, 1.807) is 19.3 Å². The molecule has 1 aromatic heterocycles. The number of carboxylic acid groups (broad SMARTS) is 1. The van der Waals surface area contributed by atoms with Crippen molar-refractivity contribution < 1.29 is 19.4 Å². The molecule has 1 saturated heterocycles. The largest absolute Gasteiger partial charge is 0.490 e. The van der Waals surface area contributed by atoms with Crippen molar-refractivity contribution >= 4 is 5.97 Å². The molecule has 0 saturated carbocycles. The highest BCUT2D eigenvalue weighted by Crippen LogP contribution is 2.18. The molecule has 0 spiro atoms. The molecule has 1 atom stereocenters. The Kier molecular flexibility index (Phi) is 4.19. The first-order chi connectivity index (χ1) is 8.66. The van der Waals surface area contributed by atoms with E-state index in [1.807, 2.05) is 0 Å². The van der Waals surface area contributed by atoms with Gasteiger partial charge in [-0.25, -0.2) is 4.79 Å². The fraction of sp³-hybridized carbons (Fsp3) is 0.667. The maximum atomic E-state index is 10.8. The maximum absolute atomic E-state index is 10.8. The van der Waals surface area contributed by atoms with E-state index in [0.717, 1.165) is 26.1 Å². The molecule has 18 heavy (non-hydrogen) atoms. The zero-order valence-corrected chi connectivity index (χ0v) is 10.4. The first kappa shape index (κ1) is 12.9. The number of rotatable bonds is 5. The van der Waals surface area contributed by atoms with Crippen LogP contribution in [0.4, 0.5) is 0 Å². The van der Waals surface area contributed by atoms with Crippen molar-refractivity contribution in [1.29, 1.82) is 0 Å². The Morgan fingerprint density at radius 2 is 2.39 bits per heavy atom. The number of nitrogens with zero attached hydrogens (tertiary/aromatic N) is 2. The van der Waals surface area contributed by atoms with Crippen LogP contribution in [0.3, 0.4) is 0 Å². The number of hydrogen-bond acceptors (Lipinski definition) is 4. The highest BCUT2D eigenvalue weighted by Gasteiger charge is 2.17. The molecule has 6 heteroatoms. The lowest BCUT2D eigenvalue weighted by Crippen LogP contribution is -2.21. The van der Waals surface area contributed by atoms with Gasteiger partial charge in [0, 0.05) is 13.2 Å². The minimum Gasteiger partial charge on any atom is -0.490 e. The van der Waals surface area contributed by atoms with Gasteiger partial charge in [-0.3, -0.25) is 4.68 Å². The Morgan fingerprint density at radius 3 is 3.06 bits per heavy atom. The minimum absolute atomic E-state index is 0.513. The predicted molar refractivity (Wildman–Crippen MR) is 63.6 cm³/mol. The fourth-order valence-electron chi connectivity index (χ4n) is 1.85. The second-order valence-electron chi connectivity index (χ2n) is 4.54. The van der Waals surface area contributed by atoms with E-state index in [1.165, 1.54) is 4.68 Å². The van der Waals surface area contributed by atoms with E-state index < -0.39 is 12.0 Å². The van der Waals surface area contributed by atoms with Gasteiger partial charge in [0.15, 0.2) is 5.75 Å². The summed E-state index contributed by atoms with van der Waals surface area (Å²) >= 11 is 0. The molecule has 1 fully saturated rings. The van der Waals surface area contributed by atoms with Gasteiger partial charge in [0.1, 0.15) is 6.04 Å². The topological polar surface area (TPSA) is 73.6 Å². The van der Waals surface area contributed by atoms with Crippen molar-refractivity contribution in [1.82, 2.24) is 9.78 Å². The van der Waals surface area contributed by atoms with Crippen LogP contribution in [0.5, 0.6) is 5.75 Å². The van der Waals surface area contributed by atoms with Crippen LogP contribution >= 0.6 is 0 Å². The molecular weight excluding hydrogens is 236 g/mol. The van der Waals surface area contributed by atoms with E-state index in [0.29, 0.717) is 18.3 Å². The third kappa shape index (κ3) is 3.22. The average molecular weight is 254 g/mol. The normalized spacial score (nSPS) is 18.5. The summed E-state index contributed by atoms with van der Waals surface area (Å²) in [7, 11) is 0. The van der Waals surface area contributed by atoms with Crippen molar-refractivity contribution in [3.8, 4) is 5.75 Å².